The molecule has 0 spiro atoms. The van der Waals surface area contributed by atoms with Crippen LogP contribution in [0.2, 0.25) is 0 Å². The summed E-state index contributed by atoms with van der Waals surface area (Å²) in [4.78, 5) is 0. The number of halogens is 3. The van der Waals surface area contributed by atoms with Gasteiger partial charge in [-0.2, -0.15) is 0 Å². The van der Waals surface area contributed by atoms with Crippen LogP contribution in [-0.4, -0.2) is 11.9 Å². The van der Waals surface area contributed by atoms with E-state index in [0.717, 1.165) is 35.7 Å². The summed E-state index contributed by atoms with van der Waals surface area (Å²) in [7, 11) is 0. The smallest absolute Gasteiger partial charge is 0.133 e. The van der Waals surface area contributed by atoms with Crippen LogP contribution in [0.3, 0.4) is 0 Å². The van der Waals surface area contributed by atoms with E-state index in [2.05, 4.69) is 15.9 Å². The number of rotatable bonds is 6. The molecule has 2 aromatic rings. The lowest BCUT2D eigenvalue weighted by molar-refractivity contribution is 0.318. The van der Waals surface area contributed by atoms with E-state index < -0.39 is 11.6 Å². The van der Waals surface area contributed by atoms with Gasteiger partial charge in [-0.25, -0.2) is 8.78 Å². The van der Waals surface area contributed by atoms with Crippen LogP contribution in [0.1, 0.15) is 6.42 Å². The minimum atomic E-state index is -0.672. The van der Waals surface area contributed by atoms with Crippen molar-refractivity contribution in [2.24, 2.45) is 0 Å². The highest BCUT2D eigenvalue weighted by molar-refractivity contribution is 9.09. The molecule has 5 heteroatoms. The molecule has 2 aromatic carbocycles. The second-order valence-electron chi connectivity index (χ2n) is 4.07. The van der Waals surface area contributed by atoms with Gasteiger partial charge in [0.15, 0.2) is 0 Å². The normalized spacial score (nSPS) is 10.3. The molecule has 0 radical (unpaired) electrons. The summed E-state index contributed by atoms with van der Waals surface area (Å²) in [5, 5.41) is 0.888. The van der Waals surface area contributed by atoms with E-state index in [9.17, 15) is 8.78 Å². The maximum atomic E-state index is 13.0. The third-order valence-electron chi connectivity index (χ3n) is 2.44. The summed E-state index contributed by atoms with van der Waals surface area (Å²) in [6, 6.07) is 9.93. The third-order valence-corrected chi connectivity index (χ3v) is 3.00. The minimum absolute atomic E-state index is 0.121. The van der Waals surface area contributed by atoms with Crippen molar-refractivity contribution in [3.63, 3.8) is 0 Å². The Morgan fingerprint density at radius 2 is 1.45 bits per heavy atom. The van der Waals surface area contributed by atoms with Gasteiger partial charge in [0.05, 0.1) is 6.61 Å². The maximum absolute atomic E-state index is 13.0. The maximum Gasteiger partial charge on any atom is 0.133 e. The topological polar surface area (TPSA) is 18.5 Å². The van der Waals surface area contributed by atoms with Crippen LogP contribution >= 0.6 is 15.9 Å². The first-order valence-corrected chi connectivity index (χ1v) is 7.22. The van der Waals surface area contributed by atoms with Gasteiger partial charge in [-0.3, -0.25) is 0 Å². The summed E-state index contributed by atoms with van der Waals surface area (Å²) in [6.45, 7) is 0.626. The lowest BCUT2D eigenvalue weighted by Crippen LogP contribution is -1.97. The van der Waals surface area contributed by atoms with Gasteiger partial charge in [-0.05, 0) is 30.7 Å². The zero-order chi connectivity index (χ0) is 14.4. The number of alkyl halides is 1. The van der Waals surface area contributed by atoms with E-state index in [4.69, 9.17) is 9.47 Å². The Labute approximate surface area is 124 Å². The van der Waals surface area contributed by atoms with Crippen molar-refractivity contribution < 1.29 is 18.3 Å². The van der Waals surface area contributed by atoms with Crippen molar-refractivity contribution in [2.45, 2.75) is 6.42 Å². The summed E-state index contributed by atoms with van der Waals surface area (Å²) in [5.74, 6) is -0.00789. The summed E-state index contributed by atoms with van der Waals surface area (Å²) < 4.78 is 36.9. The molecular weight excluding hydrogens is 330 g/mol. The second-order valence-corrected chi connectivity index (χ2v) is 4.86. The molecule has 0 heterocycles. The van der Waals surface area contributed by atoms with Gasteiger partial charge >= 0.3 is 0 Å². The lowest BCUT2D eigenvalue weighted by atomic mass is 10.3. The SMILES string of the molecule is Fc1cc(F)cc(Oc2ccc(OCCCBr)cc2)c1. The van der Waals surface area contributed by atoms with E-state index in [1.807, 2.05) is 0 Å². The average molecular weight is 343 g/mol. The molecule has 0 unspecified atom stereocenters. The zero-order valence-electron chi connectivity index (χ0n) is 10.6. The molecule has 0 N–H and O–H groups in total. The van der Waals surface area contributed by atoms with Crippen LogP contribution < -0.4 is 9.47 Å². The number of ether oxygens (including phenoxy) is 2. The Hall–Kier alpha value is -1.62. The third kappa shape index (κ3) is 4.49. The van der Waals surface area contributed by atoms with Crippen LogP contribution in [0.25, 0.3) is 0 Å². The molecule has 106 valence electrons. The Bertz CT molecular complexity index is 538. The Morgan fingerprint density at radius 3 is 2.05 bits per heavy atom. The number of benzene rings is 2. The first kappa shape index (κ1) is 14.8. The fraction of sp³-hybridized carbons (Fsp3) is 0.200. The molecule has 0 aliphatic carbocycles. The second kappa shape index (κ2) is 7.24. The van der Waals surface area contributed by atoms with Crippen molar-refractivity contribution in [3.05, 3.63) is 54.1 Å². The van der Waals surface area contributed by atoms with E-state index in [1.165, 1.54) is 0 Å². The van der Waals surface area contributed by atoms with Crippen LogP contribution in [-0.2, 0) is 0 Å². The molecule has 0 fully saturated rings. The summed E-state index contributed by atoms with van der Waals surface area (Å²) in [5.41, 5.74) is 0. The highest BCUT2D eigenvalue weighted by Crippen LogP contribution is 2.25. The molecule has 0 amide bonds. The molecule has 2 rings (SSSR count). The van der Waals surface area contributed by atoms with Gasteiger partial charge < -0.3 is 9.47 Å². The van der Waals surface area contributed by atoms with Crippen LogP contribution in [0.4, 0.5) is 8.78 Å². The van der Waals surface area contributed by atoms with Gasteiger partial charge in [0.25, 0.3) is 0 Å². The van der Waals surface area contributed by atoms with Crippen molar-refractivity contribution in [3.8, 4) is 17.2 Å². The Morgan fingerprint density at radius 1 is 0.850 bits per heavy atom. The van der Waals surface area contributed by atoms with Gasteiger partial charge in [0, 0.05) is 23.5 Å². The Kier molecular flexibility index (Phi) is 5.35. The van der Waals surface area contributed by atoms with Crippen molar-refractivity contribution in [1.29, 1.82) is 0 Å². The molecule has 0 aliphatic heterocycles. The van der Waals surface area contributed by atoms with Gasteiger partial charge in [-0.1, -0.05) is 15.9 Å². The number of hydrogen-bond acceptors (Lipinski definition) is 2. The van der Waals surface area contributed by atoms with Crippen LogP contribution in [0.15, 0.2) is 42.5 Å². The molecule has 2 nitrogen and oxygen atoms in total. The highest BCUT2D eigenvalue weighted by Gasteiger charge is 2.03. The minimum Gasteiger partial charge on any atom is -0.494 e. The molecule has 0 atom stereocenters. The fourth-order valence-electron chi connectivity index (χ4n) is 1.57. The van der Waals surface area contributed by atoms with E-state index in [-0.39, 0.29) is 5.75 Å². The van der Waals surface area contributed by atoms with Gasteiger partial charge in [0.1, 0.15) is 28.9 Å². The van der Waals surface area contributed by atoms with Crippen LogP contribution in [0.5, 0.6) is 17.2 Å². The quantitative estimate of drug-likeness (QED) is 0.547. The first-order valence-electron chi connectivity index (χ1n) is 6.10. The van der Waals surface area contributed by atoms with Crippen molar-refractivity contribution in [1.82, 2.24) is 0 Å². The van der Waals surface area contributed by atoms with Crippen molar-refractivity contribution in [2.75, 3.05) is 11.9 Å². The molecule has 0 bridgehead atoms. The van der Waals surface area contributed by atoms with E-state index in [1.54, 1.807) is 24.3 Å². The monoisotopic (exact) mass is 342 g/mol. The standard InChI is InChI=1S/C15H13BrF2O2/c16-6-1-7-19-13-2-4-14(5-3-13)20-15-9-11(17)8-12(18)10-15/h2-5,8-10H,1,6-7H2. The number of hydrogen-bond donors (Lipinski definition) is 0. The summed E-state index contributed by atoms with van der Waals surface area (Å²) >= 11 is 3.32. The largest absolute Gasteiger partial charge is 0.494 e. The van der Waals surface area contributed by atoms with Gasteiger partial charge in [0.2, 0.25) is 0 Å². The molecule has 0 aromatic heterocycles. The lowest BCUT2D eigenvalue weighted by Gasteiger charge is -2.08. The summed E-state index contributed by atoms with van der Waals surface area (Å²) in [6.07, 6.45) is 0.917. The fourth-order valence-corrected chi connectivity index (χ4v) is 1.80. The molecule has 0 saturated heterocycles. The van der Waals surface area contributed by atoms with E-state index in [0.29, 0.717) is 12.4 Å². The highest BCUT2D eigenvalue weighted by atomic mass is 79.9. The predicted octanol–water partition coefficient (Wildman–Crippen LogP) is 4.92. The molecule has 0 aliphatic rings. The van der Waals surface area contributed by atoms with Crippen LogP contribution in [0, 0.1) is 11.6 Å². The molecular formula is C15H13BrF2O2. The predicted molar refractivity (Wildman–Crippen MR) is 76.8 cm³/mol. The Balaban J connectivity index is 1.99. The average Bonchev–Trinajstić information content (AvgIpc) is 2.40. The molecule has 0 saturated carbocycles. The van der Waals surface area contributed by atoms with Gasteiger partial charge in [-0.15, -0.1) is 0 Å². The van der Waals surface area contributed by atoms with Crippen molar-refractivity contribution >= 4 is 15.9 Å². The zero-order valence-corrected chi connectivity index (χ0v) is 12.2. The molecule has 20 heavy (non-hydrogen) atoms. The van der Waals surface area contributed by atoms with E-state index >= 15 is 0 Å². The first-order chi connectivity index (χ1) is 9.67.